The average molecular weight is 230 g/mol. The SMILES string of the molecule is CCOCCOCc1ccc2ccccc2c1. The lowest BCUT2D eigenvalue weighted by Crippen LogP contribution is -2.03. The standard InChI is InChI=1S/C15H18O2/c1-2-16-9-10-17-12-13-7-8-14-5-3-4-6-15(14)11-13/h3-8,11H,2,9-10,12H2,1H3. The molecule has 0 fully saturated rings. The lowest BCUT2D eigenvalue weighted by molar-refractivity contribution is 0.0453. The highest BCUT2D eigenvalue weighted by molar-refractivity contribution is 5.82. The molecule has 0 N–H and O–H groups in total. The number of rotatable bonds is 6. The third-order valence-corrected chi connectivity index (χ3v) is 2.66. The quantitative estimate of drug-likeness (QED) is 0.708. The first-order chi connectivity index (χ1) is 8.40. The van der Waals surface area contributed by atoms with E-state index >= 15 is 0 Å². The molecular formula is C15H18O2. The molecule has 0 amide bonds. The first-order valence-electron chi connectivity index (χ1n) is 6.03. The summed E-state index contributed by atoms with van der Waals surface area (Å²) in [6.07, 6.45) is 0. The Balaban J connectivity index is 1.90. The van der Waals surface area contributed by atoms with Gasteiger partial charge in [0.1, 0.15) is 0 Å². The van der Waals surface area contributed by atoms with Crippen LogP contribution >= 0.6 is 0 Å². The van der Waals surface area contributed by atoms with Crippen molar-refractivity contribution in [1.82, 2.24) is 0 Å². The van der Waals surface area contributed by atoms with Crippen molar-refractivity contribution in [3.8, 4) is 0 Å². The Morgan fingerprint density at radius 3 is 2.47 bits per heavy atom. The molecule has 2 aromatic rings. The summed E-state index contributed by atoms with van der Waals surface area (Å²) in [5, 5.41) is 2.53. The molecule has 0 unspecified atom stereocenters. The van der Waals surface area contributed by atoms with Gasteiger partial charge in [0.05, 0.1) is 19.8 Å². The Hall–Kier alpha value is -1.38. The molecule has 2 rings (SSSR count). The van der Waals surface area contributed by atoms with Crippen LogP contribution in [-0.2, 0) is 16.1 Å². The summed E-state index contributed by atoms with van der Waals surface area (Å²) >= 11 is 0. The van der Waals surface area contributed by atoms with E-state index in [0.29, 0.717) is 19.8 Å². The summed E-state index contributed by atoms with van der Waals surface area (Å²) in [6.45, 7) is 4.71. The van der Waals surface area contributed by atoms with Gasteiger partial charge in [0.15, 0.2) is 0 Å². The van der Waals surface area contributed by atoms with Crippen molar-refractivity contribution in [3.63, 3.8) is 0 Å². The second kappa shape index (κ2) is 6.38. The van der Waals surface area contributed by atoms with E-state index < -0.39 is 0 Å². The Bertz CT molecular complexity index is 465. The molecule has 0 aromatic heterocycles. The predicted octanol–water partition coefficient (Wildman–Crippen LogP) is 3.39. The van der Waals surface area contributed by atoms with Crippen molar-refractivity contribution in [3.05, 3.63) is 48.0 Å². The maximum Gasteiger partial charge on any atom is 0.0718 e. The molecule has 2 heteroatoms. The first kappa shape index (κ1) is 12.1. The molecule has 0 atom stereocenters. The molecule has 0 radical (unpaired) electrons. The summed E-state index contributed by atoms with van der Waals surface area (Å²) < 4.78 is 10.8. The molecule has 0 aliphatic carbocycles. The van der Waals surface area contributed by atoms with Crippen LogP contribution in [0.2, 0.25) is 0 Å². The lowest BCUT2D eigenvalue weighted by Gasteiger charge is -2.05. The minimum atomic E-state index is 0.651. The van der Waals surface area contributed by atoms with Crippen molar-refractivity contribution in [1.29, 1.82) is 0 Å². The molecule has 2 nitrogen and oxygen atoms in total. The zero-order valence-electron chi connectivity index (χ0n) is 10.2. The number of hydrogen-bond donors (Lipinski definition) is 0. The van der Waals surface area contributed by atoms with E-state index in [9.17, 15) is 0 Å². The van der Waals surface area contributed by atoms with Gasteiger partial charge in [-0.1, -0.05) is 36.4 Å². The van der Waals surface area contributed by atoms with Crippen LogP contribution in [0.1, 0.15) is 12.5 Å². The van der Waals surface area contributed by atoms with Crippen LogP contribution < -0.4 is 0 Å². The molecule has 0 saturated carbocycles. The fourth-order valence-corrected chi connectivity index (χ4v) is 1.78. The van der Waals surface area contributed by atoms with Crippen molar-refractivity contribution in [2.45, 2.75) is 13.5 Å². The Morgan fingerprint density at radius 1 is 0.882 bits per heavy atom. The van der Waals surface area contributed by atoms with Crippen LogP contribution in [0.4, 0.5) is 0 Å². The first-order valence-corrected chi connectivity index (χ1v) is 6.03. The largest absolute Gasteiger partial charge is 0.379 e. The molecule has 0 aliphatic heterocycles. The van der Waals surface area contributed by atoms with E-state index in [0.717, 1.165) is 6.61 Å². The van der Waals surface area contributed by atoms with Crippen molar-refractivity contribution in [2.75, 3.05) is 19.8 Å². The second-order valence-corrected chi connectivity index (χ2v) is 3.93. The van der Waals surface area contributed by atoms with E-state index in [4.69, 9.17) is 9.47 Å². The van der Waals surface area contributed by atoms with E-state index in [2.05, 4.69) is 42.5 Å². The molecule has 0 saturated heterocycles. The van der Waals surface area contributed by atoms with Gasteiger partial charge < -0.3 is 9.47 Å². The highest BCUT2D eigenvalue weighted by atomic mass is 16.5. The van der Waals surface area contributed by atoms with Gasteiger partial charge in [-0.2, -0.15) is 0 Å². The molecule has 0 heterocycles. The van der Waals surface area contributed by atoms with Gasteiger partial charge in [0, 0.05) is 6.61 Å². The predicted molar refractivity (Wildman–Crippen MR) is 70.1 cm³/mol. The third kappa shape index (κ3) is 3.55. The fraction of sp³-hybridized carbons (Fsp3) is 0.333. The molecule has 17 heavy (non-hydrogen) atoms. The zero-order chi connectivity index (χ0) is 11.9. The minimum Gasteiger partial charge on any atom is -0.379 e. The van der Waals surface area contributed by atoms with Gasteiger partial charge in [-0.15, -0.1) is 0 Å². The topological polar surface area (TPSA) is 18.5 Å². The van der Waals surface area contributed by atoms with Crippen LogP contribution in [0.3, 0.4) is 0 Å². The van der Waals surface area contributed by atoms with Crippen molar-refractivity contribution < 1.29 is 9.47 Å². The number of hydrogen-bond acceptors (Lipinski definition) is 2. The van der Waals surface area contributed by atoms with Crippen LogP contribution in [-0.4, -0.2) is 19.8 Å². The van der Waals surface area contributed by atoms with E-state index in [-0.39, 0.29) is 0 Å². The summed E-state index contributed by atoms with van der Waals surface area (Å²) in [6, 6.07) is 14.8. The molecule has 2 aromatic carbocycles. The van der Waals surface area contributed by atoms with E-state index in [1.165, 1.54) is 16.3 Å². The minimum absolute atomic E-state index is 0.651. The fourth-order valence-electron chi connectivity index (χ4n) is 1.78. The molecular weight excluding hydrogens is 212 g/mol. The third-order valence-electron chi connectivity index (χ3n) is 2.66. The number of ether oxygens (including phenoxy) is 2. The van der Waals surface area contributed by atoms with Gasteiger partial charge in [-0.3, -0.25) is 0 Å². The van der Waals surface area contributed by atoms with Crippen LogP contribution in [0.15, 0.2) is 42.5 Å². The summed E-state index contributed by atoms with van der Waals surface area (Å²) in [5.74, 6) is 0. The Kier molecular flexibility index (Phi) is 4.54. The smallest absolute Gasteiger partial charge is 0.0718 e. The van der Waals surface area contributed by atoms with Crippen LogP contribution in [0.5, 0.6) is 0 Å². The van der Waals surface area contributed by atoms with Crippen LogP contribution in [0, 0.1) is 0 Å². The zero-order valence-corrected chi connectivity index (χ0v) is 10.2. The van der Waals surface area contributed by atoms with E-state index in [1.807, 2.05) is 6.92 Å². The van der Waals surface area contributed by atoms with Gasteiger partial charge in [-0.25, -0.2) is 0 Å². The molecule has 90 valence electrons. The summed E-state index contributed by atoms with van der Waals surface area (Å²) in [4.78, 5) is 0. The van der Waals surface area contributed by atoms with Crippen molar-refractivity contribution in [2.24, 2.45) is 0 Å². The molecule has 0 bridgehead atoms. The van der Waals surface area contributed by atoms with Gasteiger partial charge in [-0.05, 0) is 29.3 Å². The van der Waals surface area contributed by atoms with Gasteiger partial charge in [0.25, 0.3) is 0 Å². The van der Waals surface area contributed by atoms with Crippen LogP contribution in [0.25, 0.3) is 10.8 Å². The lowest BCUT2D eigenvalue weighted by atomic mass is 10.1. The van der Waals surface area contributed by atoms with Crippen molar-refractivity contribution >= 4 is 10.8 Å². The maximum absolute atomic E-state index is 5.55. The highest BCUT2D eigenvalue weighted by Crippen LogP contribution is 2.15. The molecule has 0 aliphatic rings. The summed E-state index contributed by atoms with van der Waals surface area (Å²) in [5.41, 5.74) is 1.21. The maximum atomic E-state index is 5.55. The second-order valence-electron chi connectivity index (χ2n) is 3.93. The van der Waals surface area contributed by atoms with E-state index in [1.54, 1.807) is 0 Å². The average Bonchev–Trinajstić information content (AvgIpc) is 2.38. The monoisotopic (exact) mass is 230 g/mol. The normalized spacial score (nSPS) is 10.9. The number of fused-ring (bicyclic) bond motifs is 1. The highest BCUT2D eigenvalue weighted by Gasteiger charge is 1.96. The Labute approximate surface area is 102 Å². The Morgan fingerprint density at radius 2 is 1.65 bits per heavy atom. The van der Waals surface area contributed by atoms with Gasteiger partial charge >= 0.3 is 0 Å². The molecule has 0 spiro atoms. The van der Waals surface area contributed by atoms with Gasteiger partial charge in [0.2, 0.25) is 0 Å². The number of benzene rings is 2. The summed E-state index contributed by atoms with van der Waals surface area (Å²) in [7, 11) is 0.